The van der Waals surface area contributed by atoms with Crippen LogP contribution in [-0.4, -0.2) is 5.11 Å². The molecule has 1 aliphatic carbocycles. The van der Waals surface area contributed by atoms with E-state index in [4.69, 9.17) is 0 Å². The number of hydrogen-bond acceptors (Lipinski definition) is 1. The smallest absolute Gasteiger partial charge is 0.0815 e. The fourth-order valence-corrected chi connectivity index (χ4v) is 2.65. The number of benzene rings is 1. The van der Waals surface area contributed by atoms with Gasteiger partial charge in [0.25, 0.3) is 0 Å². The van der Waals surface area contributed by atoms with E-state index < -0.39 is 0 Å². The molecule has 17 heavy (non-hydrogen) atoms. The maximum atomic E-state index is 10.2. The van der Waals surface area contributed by atoms with Crippen molar-refractivity contribution in [3.05, 3.63) is 35.4 Å². The van der Waals surface area contributed by atoms with E-state index in [9.17, 15) is 5.11 Å². The highest BCUT2D eigenvalue weighted by molar-refractivity contribution is 5.28. The summed E-state index contributed by atoms with van der Waals surface area (Å²) in [6, 6.07) is 8.65. The van der Waals surface area contributed by atoms with E-state index in [1.807, 2.05) is 0 Å². The average Bonchev–Trinajstić information content (AvgIpc) is 2.27. The van der Waals surface area contributed by atoms with Crippen LogP contribution in [0.25, 0.3) is 0 Å². The van der Waals surface area contributed by atoms with E-state index in [1.54, 1.807) is 0 Å². The van der Waals surface area contributed by atoms with Crippen molar-refractivity contribution in [2.45, 2.75) is 58.0 Å². The van der Waals surface area contributed by atoms with E-state index in [2.05, 4.69) is 38.1 Å². The van der Waals surface area contributed by atoms with Crippen LogP contribution in [0.3, 0.4) is 0 Å². The minimum atomic E-state index is -0.301. The Morgan fingerprint density at radius 2 is 1.88 bits per heavy atom. The number of aliphatic hydroxyl groups is 1. The van der Waals surface area contributed by atoms with Gasteiger partial charge in [0, 0.05) is 0 Å². The zero-order chi connectivity index (χ0) is 12.3. The second kappa shape index (κ2) is 5.68. The third-order valence-electron chi connectivity index (χ3n) is 4.14. The van der Waals surface area contributed by atoms with Crippen molar-refractivity contribution in [2.75, 3.05) is 0 Å². The molecule has 1 heteroatoms. The summed E-state index contributed by atoms with van der Waals surface area (Å²) in [4.78, 5) is 0. The first-order valence-electron chi connectivity index (χ1n) is 7.00. The normalized spacial score (nSPS) is 19.7. The Morgan fingerprint density at radius 1 is 1.24 bits per heavy atom. The summed E-state index contributed by atoms with van der Waals surface area (Å²) in [5, 5.41) is 10.2. The van der Waals surface area contributed by atoms with Crippen molar-refractivity contribution in [2.24, 2.45) is 5.92 Å². The van der Waals surface area contributed by atoms with Crippen LogP contribution >= 0.6 is 0 Å². The quantitative estimate of drug-likeness (QED) is 0.796. The highest BCUT2D eigenvalue weighted by Gasteiger charge is 2.20. The molecule has 0 amide bonds. The van der Waals surface area contributed by atoms with Crippen LogP contribution < -0.4 is 0 Å². The van der Waals surface area contributed by atoms with E-state index in [0.29, 0.717) is 5.92 Å². The Labute approximate surface area is 105 Å². The Kier molecular flexibility index (Phi) is 4.22. The van der Waals surface area contributed by atoms with Gasteiger partial charge in [0.1, 0.15) is 0 Å². The fraction of sp³-hybridized carbons (Fsp3) is 0.625. The molecule has 1 fully saturated rings. The van der Waals surface area contributed by atoms with Gasteiger partial charge < -0.3 is 5.11 Å². The average molecular weight is 232 g/mol. The molecule has 0 bridgehead atoms. The second-order valence-corrected chi connectivity index (χ2v) is 5.51. The molecule has 2 unspecified atom stereocenters. The lowest BCUT2D eigenvalue weighted by Crippen LogP contribution is -2.11. The van der Waals surface area contributed by atoms with Crippen molar-refractivity contribution in [1.82, 2.24) is 0 Å². The summed E-state index contributed by atoms with van der Waals surface area (Å²) >= 11 is 0. The molecule has 2 atom stereocenters. The molecule has 0 heterocycles. The molecular formula is C16H24O. The summed E-state index contributed by atoms with van der Waals surface area (Å²) in [7, 11) is 0. The van der Waals surface area contributed by atoms with Crippen molar-refractivity contribution >= 4 is 0 Å². The molecule has 0 spiro atoms. The molecule has 0 saturated heterocycles. The van der Waals surface area contributed by atoms with Gasteiger partial charge in [-0.25, -0.2) is 0 Å². The summed E-state index contributed by atoms with van der Waals surface area (Å²) in [5.74, 6) is 1.14. The predicted octanol–water partition coefficient (Wildman–Crippen LogP) is 4.42. The van der Waals surface area contributed by atoms with E-state index >= 15 is 0 Å². The van der Waals surface area contributed by atoms with Gasteiger partial charge in [-0.2, -0.15) is 0 Å². The van der Waals surface area contributed by atoms with Gasteiger partial charge in [0.2, 0.25) is 0 Å². The Bertz CT molecular complexity index is 337. The van der Waals surface area contributed by atoms with E-state index in [0.717, 1.165) is 24.3 Å². The van der Waals surface area contributed by atoms with Gasteiger partial charge in [-0.3, -0.25) is 0 Å². The first-order chi connectivity index (χ1) is 8.22. The Morgan fingerprint density at radius 3 is 2.35 bits per heavy atom. The number of aliphatic hydroxyl groups excluding tert-OH is 1. The molecule has 94 valence electrons. The maximum absolute atomic E-state index is 10.2. The minimum absolute atomic E-state index is 0.301. The van der Waals surface area contributed by atoms with Gasteiger partial charge in [0.15, 0.2) is 0 Å². The largest absolute Gasteiger partial charge is 0.388 e. The van der Waals surface area contributed by atoms with Crippen LogP contribution in [0.2, 0.25) is 0 Å². The third-order valence-corrected chi connectivity index (χ3v) is 4.14. The fourth-order valence-electron chi connectivity index (χ4n) is 2.65. The highest BCUT2D eigenvalue weighted by Crippen LogP contribution is 2.37. The van der Waals surface area contributed by atoms with Crippen LogP contribution in [0, 0.1) is 5.92 Å². The molecule has 1 aromatic rings. The highest BCUT2D eigenvalue weighted by atomic mass is 16.3. The van der Waals surface area contributed by atoms with Crippen LogP contribution in [0.1, 0.15) is 69.1 Å². The minimum Gasteiger partial charge on any atom is -0.388 e. The van der Waals surface area contributed by atoms with Crippen LogP contribution in [0.5, 0.6) is 0 Å². The van der Waals surface area contributed by atoms with Crippen LogP contribution in [0.15, 0.2) is 24.3 Å². The number of hydrogen-bond donors (Lipinski definition) is 1. The summed E-state index contributed by atoms with van der Waals surface area (Å²) in [5.41, 5.74) is 2.53. The topological polar surface area (TPSA) is 20.2 Å². The molecule has 1 aromatic carbocycles. The summed E-state index contributed by atoms with van der Waals surface area (Å²) in [6.45, 7) is 4.30. The van der Waals surface area contributed by atoms with Gasteiger partial charge in [-0.15, -0.1) is 0 Å². The zero-order valence-electron chi connectivity index (χ0n) is 11.0. The van der Waals surface area contributed by atoms with Crippen molar-refractivity contribution < 1.29 is 5.11 Å². The molecule has 1 N–H and O–H groups in total. The molecule has 0 radical (unpaired) electrons. The SMILES string of the molecule is CCCC(C)C(O)c1ccc(C2CCC2)cc1. The van der Waals surface area contributed by atoms with E-state index in [1.165, 1.54) is 24.8 Å². The van der Waals surface area contributed by atoms with Gasteiger partial charge in [-0.05, 0) is 42.2 Å². The molecular weight excluding hydrogens is 208 g/mol. The standard InChI is InChI=1S/C16H24O/c1-3-5-12(2)16(17)15-10-8-14(9-11-15)13-6-4-7-13/h8-13,16-17H,3-7H2,1-2H3. The lowest BCUT2D eigenvalue weighted by Gasteiger charge is -2.26. The second-order valence-electron chi connectivity index (χ2n) is 5.51. The zero-order valence-corrected chi connectivity index (χ0v) is 11.0. The molecule has 1 aliphatic rings. The molecule has 1 nitrogen and oxygen atoms in total. The summed E-state index contributed by atoms with van der Waals surface area (Å²) in [6.07, 6.45) is 5.99. The maximum Gasteiger partial charge on any atom is 0.0815 e. The van der Waals surface area contributed by atoms with Crippen LogP contribution in [-0.2, 0) is 0 Å². The van der Waals surface area contributed by atoms with Gasteiger partial charge >= 0.3 is 0 Å². The van der Waals surface area contributed by atoms with Gasteiger partial charge in [0.05, 0.1) is 6.10 Å². The van der Waals surface area contributed by atoms with Crippen molar-refractivity contribution in [1.29, 1.82) is 0 Å². The van der Waals surface area contributed by atoms with Gasteiger partial charge in [-0.1, -0.05) is 51.0 Å². The third kappa shape index (κ3) is 2.90. The monoisotopic (exact) mass is 232 g/mol. The molecule has 2 rings (SSSR count). The first kappa shape index (κ1) is 12.6. The lowest BCUT2D eigenvalue weighted by atomic mass is 9.79. The molecule has 0 aromatic heterocycles. The molecule has 0 aliphatic heterocycles. The van der Waals surface area contributed by atoms with Crippen molar-refractivity contribution in [3.8, 4) is 0 Å². The van der Waals surface area contributed by atoms with Crippen LogP contribution in [0.4, 0.5) is 0 Å². The molecule has 1 saturated carbocycles. The number of rotatable bonds is 5. The first-order valence-corrected chi connectivity index (χ1v) is 7.00. The lowest BCUT2D eigenvalue weighted by molar-refractivity contribution is 0.112. The predicted molar refractivity (Wildman–Crippen MR) is 72.1 cm³/mol. The Balaban J connectivity index is 2.01. The van der Waals surface area contributed by atoms with Crippen molar-refractivity contribution in [3.63, 3.8) is 0 Å². The Hall–Kier alpha value is -0.820. The summed E-state index contributed by atoms with van der Waals surface area (Å²) < 4.78 is 0. The van der Waals surface area contributed by atoms with E-state index in [-0.39, 0.29) is 6.10 Å².